The first-order valence-electron chi connectivity index (χ1n) is 9.75. The lowest BCUT2D eigenvalue weighted by Gasteiger charge is -2.40. The average Bonchev–Trinajstić information content (AvgIpc) is 2.70. The third kappa shape index (κ3) is 4.40. The zero-order valence-electron chi connectivity index (χ0n) is 15.7. The summed E-state index contributed by atoms with van der Waals surface area (Å²) in [5.74, 6) is 2.29. The molecule has 0 bridgehead atoms. The highest BCUT2D eigenvalue weighted by Gasteiger charge is 2.35. The van der Waals surface area contributed by atoms with Crippen LogP contribution in [0.15, 0.2) is 48.5 Å². The van der Waals surface area contributed by atoms with Gasteiger partial charge in [0.1, 0.15) is 12.7 Å². The Morgan fingerprint density at radius 1 is 1.11 bits per heavy atom. The summed E-state index contributed by atoms with van der Waals surface area (Å²) < 4.78 is 12.2. The summed E-state index contributed by atoms with van der Waals surface area (Å²) in [6.45, 7) is 3.76. The number of fused-ring (bicyclic) bond motifs is 1. The number of likely N-dealkylation sites (N-methyl/N-ethyl adjacent to an activating group) is 1. The molecule has 2 heterocycles. The normalized spacial score (nSPS) is 21.8. The van der Waals surface area contributed by atoms with Gasteiger partial charge in [0.15, 0.2) is 11.5 Å². The number of hydrogen-bond acceptors (Lipinski definition) is 4. The number of likely N-dealkylation sites (tertiary alicyclic amines) is 1. The summed E-state index contributed by atoms with van der Waals surface area (Å²) in [6, 6.07) is 16.4. The summed E-state index contributed by atoms with van der Waals surface area (Å²) in [7, 11) is 2.03. The zero-order chi connectivity index (χ0) is 18.6. The number of ether oxygens (including phenoxy) is 2. The van der Waals surface area contributed by atoms with Crippen molar-refractivity contribution >= 4 is 11.6 Å². The minimum atomic E-state index is 0.0504. The van der Waals surface area contributed by atoms with E-state index in [0.717, 1.165) is 49.0 Å². The number of halogens is 1. The summed E-state index contributed by atoms with van der Waals surface area (Å²) >= 11 is 6.12. The molecule has 1 saturated heterocycles. The Labute approximate surface area is 166 Å². The molecule has 0 aliphatic carbocycles. The summed E-state index contributed by atoms with van der Waals surface area (Å²) in [5.41, 5.74) is 1.28. The van der Waals surface area contributed by atoms with Gasteiger partial charge < -0.3 is 14.8 Å². The standard InChI is InChI=1S/C22H27ClN2O2/c1-24-22(21-15-26-19-7-2-3-8-20(19)27-21)17-9-11-25(12-10-17)14-16-5-4-6-18(23)13-16/h2-8,13,17,21-22,24H,9-12,14-15H2,1H3. The molecule has 5 heteroatoms. The van der Waals surface area contributed by atoms with Gasteiger partial charge in [-0.25, -0.2) is 0 Å². The average molecular weight is 387 g/mol. The van der Waals surface area contributed by atoms with Gasteiger partial charge >= 0.3 is 0 Å². The molecular formula is C22H27ClN2O2. The van der Waals surface area contributed by atoms with Crippen LogP contribution in [0.5, 0.6) is 11.5 Å². The van der Waals surface area contributed by atoms with Gasteiger partial charge in [-0.15, -0.1) is 0 Å². The molecule has 144 valence electrons. The Balaban J connectivity index is 1.34. The zero-order valence-corrected chi connectivity index (χ0v) is 16.5. The number of rotatable bonds is 5. The SMILES string of the molecule is CNC(C1CCN(Cc2cccc(Cl)c2)CC1)C1COc2ccccc2O1. The summed E-state index contributed by atoms with van der Waals surface area (Å²) in [4.78, 5) is 2.52. The molecule has 2 aromatic rings. The van der Waals surface area contributed by atoms with E-state index in [1.54, 1.807) is 0 Å². The van der Waals surface area contributed by atoms with Gasteiger partial charge in [-0.05, 0) is 68.7 Å². The van der Waals surface area contributed by atoms with Gasteiger partial charge in [-0.3, -0.25) is 4.90 Å². The summed E-state index contributed by atoms with van der Waals surface area (Å²) in [6.07, 6.45) is 2.37. The van der Waals surface area contributed by atoms with Crippen LogP contribution in [-0.2, 0) is 6.54 Å². The van der Waals surface area contributed by atoms with Crippen LogP contribution in [0.2, 0.25) is 5.02 Å². The van der Waals surface area contributed by atoms with Gasteiger partial charge in [-0.2, -0.15) is 0 Å². The van der Waals surface area contributed by atoms with E-state index in [9.17, 15) is 0 Å². The number of benzene rings is 2. The first kappa shape index (κ1) is 18.6. The van der Waals surface area contributed by atoms with Gasteiger partial charge in [0.2, 0.25) is 0 Å². The fraction of sp³-hybridized carbons (Fsp3) is 0.455. The van der Waals surface area contributed by atoms with Crippen molar-refractivity contribution < 1.29 is 9.47 Å². The molecule has 0 aromatic heterocycles. The van der Waals surface area contributed by atoms with Crippen molar-refractivity contribution in [1.29, 1.82) is 0 Å². The maximum Gasteiger partial charge on any atom is 0.161 e. The molecule has 2 aromatic carbocycles. The Kier molecular flexibility index (Phi) is 5.86. The Bertz CT molecular complexity index is 761. The minimum Gasteiger partial charge on any atom is -0.486 e. The van der Waals surface area contributed by atoms with Crippen LogP contribution in [0.4, 0.5) is 0 Å². The molecule has 0 amide bonds. The van der Waals surface area contributed by atoms with Crippen LogP contribution in [0, 0.1) is 5.92 Å². The van der Waals surface area contributed by atoms with Gasteiger partial charge in [0.05, 0.1) is 6.04 Å². The Morgan fingerprint density at radius 2 is 1.89 bits per heavy atom. The van der Waals surface area contributed by atoms with Crippen molar-refractivity contribution in [2.45, 2.75) is 31.5 Å². The highest BCUT2D eigenvalue weighted by Crippen LogP contribution is 2.34. The fourth-order valence-electron chi connectivity index (χ4n) is 4.30. The molecule has 27 heavy (non-hydrogen) atoms. The van der Waals surface area contributed by atoms with Crippen LogP contribution >= 0.6 is 11.6 Å². The third-order valence-corrected chi connectivity index (χ3v) is 5.93. The first-order chi connectivity index (χ1) is 13.2. The van der Waals surface area contributed by atoms with Gasteiger partial charge in [0, 0.05) is 11.6 Å². The van der Waals surface area contributed by atoms with Crippen LogP contribution in [0.25, 0.3) is 0 Å². The lowest BCUT2D eigenvalue weighted by molar-refractivity contribution is 0.0308. The molecule has 0 spiro atoms. The molecule has 2 aliphatic rings. The van der Waals surface area contributed by atoms with Gasteiger partial charge in [-0.1, -0.05) is 35.9 Å². The Morgan fingerprint density at radius 3 is 2.63 bits per heavy atom. The topological polar surface area (TPSA) is 33.7 Å². The second-order valence-electron chi connectivity index (χ2n) is 7.47. The third-order valence-electron chi connectivity index (χ3n) is 5.70. The number of hydrogen-bond donors (Lipinski definition) is 1. The number of nitrogens with zero attached hydrogens (tertiary/aromatic N) is 1. The maximum absolute atomic E-state index is 6.26. The van der Waals surface area contributed by atoms with E-state index in [0.29, 0.717) is 18.6 Å². The highest BCUT2D eigenvalue weighted by molar-refractivity contribution is 6.30. The highest BCUT2D eigenvalue weighted by atomic mass is 35.5. The molecular weight excluding hydrogens is 360 g/mol. The van der Waals surface area contributed by atoms with Crippen LogP contribution in [-0.4, -0.2) is 43.8 Å². The Hall–Kier alpha value is -1.75. The van der Waals surface area contributed by atoms with E-state index >= 15 is 0 Å². The molecule has 4 rings (SSSR count). The fourth-order valence-corrected chi connectivity index (χ4v) is 4.51. The molecule has 1 fully saturated rings. The van der Waals surface area contributed by atoms with E-state index < -0.39 is 0 Å². The van der Waals surface area contributed by atoms with Crippen molar-refractivity contribution in [3.05, 3.63) is 59.1 Å². The van der Waals surface area contributed by atoms with Crippen LogP contribution in [0.3, 0.4) is 0 Å². The van der Waals surface area contributed by atoms with Crippen molar-refractivity contribution in [3.8, 4) is 11.5 Å². The molecule has 4 nitrogen and oxygen atoms in total. The molecule has 2 atom stereocenters. The maximum atomic E-state index is 6.26. The molecule has 0 radical (unpaired) electrons. The van der Waals surface area contributed by atoms with E-state index in [1.165, 1.54) is 5.56 Å². The van der Waals surface area contributed by atoms with E-state index in [-0.39, 0.29) is 6.10 Å². The van der Waals surface area contributed by atoms with Gasteiger partial charge in [0.25, 0.3) is 0 Å². The quantitative estimate of drug-likeness (QED) is 0.842. The van der Waals surface area contributed by atoms with Crippen LogP contribution < -0.4 is 14.8 Å². The number of para-hydroxylation sites is 2. The summed E-state index contributed by atoms with van der Waals surface area (Å²) in [5, 5.41) is 4.32. The second-order valence-corrected chi connectivity index (χ2v) is 7.91. The lowest BCUT2D eigenvalue weighted by Crippen LogP contribution is -2.53. The predicted molar refractivity (Wildman–Crippen MR) is 109 cm³/mol. The lowest BCUT2D eigenvalue weighted by atomic mass is 9.86. The number of nitrogens with one attached hydrogen (secondary N) is 1. The molecule has 1 N–H and O–H groups in total. The van der Waals surface area contributed by atoms with E-state index in [1.807, 2.05) is 43.4 Å². The predicted octanol–water partition coefficient (Wildman–Crippen LogP) is 3.98. The van der Waals surface area contributed by atoms with Crippen molar-refractivity contribution in [2.24, 2.45) is 5.92 Å². The largest absolute Gasteiger partial charge is 0.486 e. The molecule has 2 aliphatic heterocycles. The molecule has 0 saturated carbocycles. The first-order valence-corrected chi connectivity index (χ1v) is 10.1. The van der Waals surface area contributed by atoms with E-state index in [2.05, 4.69) is 22.3 Å². The van der Waals surface area contributed by atoms with E-state index in [4.69, 9.17) is 21.1 Å². The van der Waals surface area contributed by atoms with Crippen molar-refractivity contribution in [1.82, 2.24) is 10.2 Å². The minimum absolute atomic E-state index is 0.0504. The van der Waals surface area contributed by atoms with Crippen LogP contribution in [0.1, 0.15) is 18.4 Å². The smallest absolute Gasteiger partial charge is 0.161 e. The second kappa shape index (κ2) is 8.51. The van der Waals surface area contributed by atoms with Crippen molar-refractivity contribution in [2.75, 3.05) is 26.7 Å². The van der Waals surface area contributed by atoms with Crippen molar-refractivity contribution in [3.63, 3.8) is 0 Å². The number of piperidine rings is 1. The monoisotopic (exact) mass is 386 g/mol. The molecule has 2 unspecified atom stereocenters.